The van der Waals surface area contributed by atoms with Crippen LogP contribution in [-0.2, 0) is 4.74 Å². The molecule has 8 heteroatoms. The van der Waals surface area contributed by atoms with E-state index in [-0.39, 0.29) is 12.1 Å². The minimum atomic E-state index is -0.400. The molecule has 1 aliphatic heterocycles. The Bertz CT molecular complexity index is 1370. The molecule has 0 unspecified atom stereocenters. The lowest BCUT2D eigenvalue weighted by molar-refractivity contribution is 0.0601. The highest BCUT2D eigenvalue weighted by Crippen LogP contribution is 2.43. The second-order valence-corrected chi connectivity index (χ2v) is 8.36. The Morgan fingerprint density at radius 1 is 1.03 bits per heavy atom. The van der Waals surface area contributed by atoms with Gasteiger partial charge in [0.05, 0.1) is 31.5 Å². The van der Waals surface area contributed by atoms with Gasteiger partial charge >= 0.3 is 5.97 Å². The summed E-state index contributed by atoms with van der Waals surface area (Å²) < 4.78 is 16.7. The van der Waals surface area contributed by atoms with Crippen LogP contribution >= 0.6 is 12.2 Å². The van der Waals surface area contributed by atoms with E-state index in [1.165, 1.54) is 7.11 Å². The summed E-state index contributed by atoms with van der Waals surface area (Å²) >= 11 is 5.77. The third kappa shape index (κ3) is 4.36. The fraction of sp³-hybridized carbons (Fsp3) is 0.148. The van der Waals surface area contributed by atoms with E-state index in [4.69, 9.17) is 26.1 Å². The number of rotatable bonds is 6. The first-order valence-electron chi connectivity index (χ1n) is 11.0. The maximum atomic E-state index is 12.0. The largest absolute Gasteiger partial charge is 0.497 e. The number of pyridine rings is 1. The molecule has 3 heterocycles. The quantitative estimate of drug-likeness (QED) is 0.291. The number of nitrogens with one attached hydrogen (secondary N) is 1. The third-order valence-corrected chi connectivity index (χ3v) is 6.23. The van der Waals surface area contributed by atoms with E-state index in [1.807, 2.05) is 65.6 Å². The maximum absolute atomic E-state index is 12.0. The van der Waals surface area contributed by atoms with Crippen LogP contribution in [0.4, 0.5) is 5.69 Å². The molecular weight excluding hydrogens is 462 g/mol. The number of carbonyl (C=O) groups is 1. The molecular formula is C27H23N3O4S. The Hall–Kier alpha value is -4.17. The summed E-state index contributed by atoms with van der Waals surface area (Å²) in [5.41, 5.74) is 2.94. The van der Waals surface area contributed by atoms with Gasteiger partial charge in [-0.1, -0.05) is 24.3 Å². The molecule has 2 aromatic heterocycles. The van der Waals surface area contributed by atoms with Crippen LogP contribution in [0.5, 0.6) is 5.75 Å². The first-order valence-corrected chi connectivity index (χ1v) is 11.4. The summed E-state index contributed by atoms with van der Waals surface area (Å²) in [4.78, 5) is 18.6. The normalized spacial score (nSPS) is 17.2. The van der Waals surface area contributed by atoms with Crippen LogP contribution in [0, 0.1) is 0 Å². The van der Waals surface area contributed by atoms with Crippen LogP contribution in [0.2, 0.25) is 0 Å². The second kappa shape index (κ2) is 9.60. The van der Waals surface area contributed by atoms with Crippen LogP contribution in [0.3, 0.4) is 0 Å². The Morgan fingerprint density at radius 3 is 2.66 bits per heavy atom. The van der Waals surface area contributed by atoms with Gasteiger partial charge in [-0.2, -0.15) is 0 Å². The average molecular weight is 486 g/mol. The van der Waals surface area contributed by atoms with Crippen molar-refractivity contribution in [3.8, 4) is 17.1 Å². The molecule has 2 atom stereocenters. The molecule has 7 nitrogen and oxygen atoms in total. The summed E-state index contributed by atoms with van der Waals surface area (Å²) in [6, 6.07) is 24.0. The van der Waals surface area contributed by atoms with Crippen LogP contribution < -0.4 is 15.0 Å². The standard InChI is InChI=1S/C27H23N3O4S/c1-32-20-10-6-9-19(16-20)30-25(24(29-27(30)35)21-11-3-4-14-28-21)23-13-12-22(34-23)17-7-5-8-18(15-17)26(31)33-2/h3-16,24-25H,1-2H3,(H,29,35)/t24-,25-/m1/s1. The number of ether oxygens (including phenoxy) is 2. The van der Waals surface area contributed by atoms with Crippen LogP contribution in [-0.4, -0.2) is 30.3 Å². The Labute approximate surface area is 208 Å². The van der Waals surface area contributed by atoms with E-state index in [9.17, 15) is 4.79 Å². The van der Waals surface area contributed by atoms with Crippen molar-refractivity contribution in [2.24, 2.45) is 0 Å². The van der Waals surface area contributed by atoms with Gasteiger partial charge in [0, 0.05) is 23.5 Å². The monoisotopic (exact) mass is 485 g/mol. The molecule has 0 amide bonds. The van der Waals surface area contributed by atoms with E-state index >= 15 is 0 Å². The first kappa shape index (κ1) is 22.6. The van der Waals surface area contributed by atoms with Crippen molar-refractivity contribution in [3.63, 3.8) is 0 Å². The van der Waals surface area contributed by atoms with E-state index in [0.717, 1.165) is 22.7 Å². The first-order chi connectivity index (χ1) is 17.1. The van der Waals surface area contributed by atoms with Gasteiger partial charge in [0.1, 0.15) is 23.3 Å². The average Bonchev–Trinajstić information content (AvgIpc) is 3.53. The number of esters is 1. The number of hydrogen-bond donors (Lipinski definition) is 1. The van der Waals surface area contributed by atoms with Crippen LogP contribution in [0.15, 0.2) is 89.5 Å². The minimum Gasteiger partial charge on any atom is -0.497 e. The Kier molecular flexibility index (Phi) is 6.20. The highest BCUT2D eigenvalue weighted by molar-refractivity contribution is 7.80. The van der Waals surface area contributed by atoms with Crippen molar-refractivity contribution < 1.29 is 18.7 Å². The second-order valence-electron chi connectivity index (χ2n) is 7.97. The molecule has 0 bridgehead atoms. The van der Waals surface area contributed by atoms with E-state index in [1.54, 1.807) is 31.5 Å². The molecule has 176 valence electrons. The molecule has 1 aliphatic rings. The van der Waals surface area contributed by atoms with Gasteiger partial charge in [-0.3, -0.25) is 4.98 Å². The summed E-state index contributed by atoms with van der Waals surface area (Å²) in [7, 11) is 3.00. The van der Waals surface area contributed by atoms with Gasteiger partial charge < -0.3 is 24.1 Å². The molecule has 2 aromatic carbocycles. The number of hydrogen-bond acceptors (Lipinski definition) is 6. The fourth-order valence-corrected chi connectivity index (χ4v) is 4.61. The number of aromatic nitrogens is 1. The summed E-state index contributed by atoms with van der Waals surface area (Å²) in [6.45, 7) is 0. The molecule has 0 spiro atoms. The van der Waals surface area contributed by atoms with Crippen molar-refractivity contribution >= 4 is 29.0 Å². The molecule has 1 N–H and O–H groups in total. The maximum Gasteiger partial charge on any atom is 0.337 e. The zero-order valence-electron chi connectivity index (χ0n) is 19.2. The molecule has 0 saturated carbocycles. The zero-order valence-corrected chi connectivity index (χ0v) is 20.0. The Balaban J connectivity index is 1.58. The van der Waals surface area contributed by atoms with Crippen LogP contribution in [0.25, 0.3) is 11.3 Å². The Morgan fingerprint density at radius 2 is 1.89 bits per heavy atom. The van der Waals surface area contributed by atoms with Crippen molar-refractivity contribution in [3.05, 3.63) is 102 Å². The molecule has 0 aliphatic carbocycles. The van der Waals surface area contributed by atoms with Gasteiger partial charge in [0.2, 0.25) is 0 Å². The molecule has 1 saturated heterocycles. The van der Waals surface area contributed by atoms with Crippen molar-refractivity contribution in [1.82, 2.24) is 10.3 Å². The number of thiocarbonyl (C=S) groups is 1. The number of furan rings is 1. The molecule has 35 heavy (non-hydrogen) atoms. The molecule has 1 fully saturated rings. The van der Waals surface area contributed by atoms with E-state index in [0.29, 0.717) is 22.2 Å². The predicted molar refractivity (Wildman–Crippen MR) is 136 cm³/mol. The van der Waals surface area contributed by atoms with Gasteiger partial charge in [-0.25, -0.2) is 4.79 Å². The summed E-state index contributed by atoms with van der Waals surface area (Å²) in [6.07, 6.45) is 1.76. The van der Waals surface area contributed by atoms with Crippen LogP contribution in [0.1, 0.15) is 33.9 Å². The highest BCUT2D eigenvalue weighted by Gasteiger charge is 2.42. The molecule has 5 rings (SSSR count). The van der Waals surface area contributed by atoms with Crippen molar-refractivity contribution in [2.75, 3.05) is 19.1 Å². The number of nitrogens with zero attached hydrogens (tertiary/aromatic N) is 2. The van der Waals surface area contributed by atoms with Gasteiger partial charge in [0.15, 0.2) is 5.11 Å². The predicted octanol–water partition coefficient (Wildman–Crippen LogP) is 5.31. The van der Waals surface area contributed by atoms with Gasteiger partial charge in [0.25, 0.3) is 0 Å². The third-order valence-electron chi connectivity index (χ3n) is 5.92. The topological polar surface area (TPSA) is 76.8 Å². The molecule has 0 radical (unpaired) electrons. The summed E-state index contributed by atoms with van der Waals surface area (Å²) in [5.74, 6) is 1.66. The fourth-order valence-electron chi connectivity index (χ4n) is 4.27. The number of anilines is 1. The van der Waals surface area contributed by atoms with E-state index < -0.39 is 5.97 Å². The lowest BCUT2D eigenvalue weighted by Gasteiger charge is -2.26. The highest BCUT2D eigenvalue weighted by atomic mass is 32.1. The lowest BCUT2D eigenvalue weighted by atomic mass is 10.0. The SMILES string of the molecule is COC(=O)c1cccc(-c2ccc([C@@H]3[C@@H](c4ccccn4)NC(=S)N3c3cccc(OC)c3)o2)c1. The van der Waals surface area contributed by atoms with Crippen molar-refractivity contribution in [1.29, 1.82) is 0 Å². The van der Waals surface area contributed by atoms with Gasteiger partial charge in [-0.15, -0.1) is 0 Å². The number of carbonyl (C=O) groups excluding carboxylic acids is 1. The smallest absolute Gasteiger partial charge is 0.337 e. The summed E-state index contributed by atoms with van der Waals surface area (Å²) in [5, 5.41) is 3.98. The molecule has 4 aromatic rings. The van der Waals surface area contributed by atoms with E-state index in [2.05, 4.69) is 10.3 Å². The number of methoxy groups -OCH3 is 2. The van der Waals surface area contributed by atoms with Gasteiger partial charge in [-0.05, 0) is 60.7 Å². The van der Waals surface area contributed by atoms with Crippen molar-refractivity contribution in [2.45, 2.75) is 12.1 Å². The number of benzene rings is 2. The minimum absolute atomic E-state index is 0.240. The lowest BCUT2D eigenvalue weighted by Crippen LogP contribution is -2.29. The zero-order chi connectivity index (χ0) is 24.4.